The first-order valence-electron chi connectivity index (χ1n) is 8.35. The molecule has 124 valence electrons. The number of benzene rings is 1. The molecular weight excluding hydrogens is 300 g/mol. The van der Waals surface area contributed by atoms with Crippen molar-refractivity contribution in [3.05, 3.63) is 53.9 Å². The van der Waals surface area contributed by atoms with Crippen LogP contribution in [0.3, 0.4) is 0 Å². The molecule has 0 amide bonds. The maximum atomic E-state index is 5.99. The number of fused-ring (bicyclic) bond motifs is 1. The van der Waals surface area contributed by atoms with Gasteiger partial charge in [0.05, 0.1) is 24.6 Å². The van der Waals surface area contributed by atoms with Crippen LogP contribution in [0.15, 0.2) is 42.5 Å². The average Bonchev–Trinajstić information content (AvgIpc) is 2.96. The van der Waals surface area contributed by atoms with Crippen molar-refractivity contribution in [1.82, 2.24) is 14.3 Å². The number of imidazole rings is 1. The van der Waals surface area contributed by atoms with Gasteiger partial charge in [0.15, 0.2) is 0 Å². The van der Waals surface area contributed by atoms with E-state index in [4.69, 9.17) is 15.5 Å². The van der Waals surface area contributed by atoms with Gasteiger partial charge in [-0.05, 0) is 31.2 Å². The average molecular weight is 322 g/mol. The first-order chi connectivity index (χ1) is 11.7. The van der Waals surface area contributed by atoms with Gasteiger partial charge >= 0.3 is 0 Å². The molecule has 0 spiro atoms. The summed E-state index contributed by atoms with van der Waals surface area (Å²) >= 11 is 0. The Kier molecular flexibility index (Phi) is 3.96. The van der Waals surface area contributed by atoms with Crippen molar-refractivity contribution in [3.63, 3.8) is 0 Å². The summed E-state index contributed by atoms with van der Waals surface area (Å²) in [5.74, 6) is 0. The molecule has 0 atom stereocenters. The maximum absolute atomic E-state index is 5.99. The van der Waals surface area contributed by atoms with Gasteiger partial charge in [-0.2, -0.15) is 0 Å². The second-order valence-electron chi connectivity index (χ2n) is 6.28. The number of aromatic nitrogens is 2. The van der Waals surface area contributed by atoms with E-state index in [1.807, 2.05) is 18.2 Å². The zero-order valence-electron chi connectivity index (χ0n) is 13.9. The fraction of sp³-hybridized carbons (Fsp3) is 0.316. The predicted octanol–water partition coefficient (Wildman–Crippen LogP) is 2.72. The number of nitrogen functional groups attached to an aromatic ring is 1. The van der Waals surface area contributed by atoms with Crippen molar-refractivity contribution in [1.29, 1.82) is 0 Å². The Hall–Kier alpha value is -2.37. The molecule has 3 aromatic rings. The Bertz CT molecular complexity index is 865. The van der Waals surface area contributed by atoms with Crippen molar-refractivity contribution in [2.75, 3.05) is 32.0 Å². The SMILES string of the molecule is Cc1cccc2nc(-c3cccc(N)c3)c(CN3CCOCC3)n12. The Morgan fingerprint density at radius 2 is 1.92 bits per heavy atom. The van der Waals surface area contributed by atoms with Gasteiger partial charge in [0.2, 0.25) is 0 Å². The molecule has 1 fully saturated rings. The lowest BCUT2D eigenvalue weighted by molar-refractivity contribution is 0.0336. The minimum Gasteiger partial charge on any atom is -0.399 e. The minimum atomic E-state index is 0.763. The molecule has 1 saturated heterocycles. The normalized spacial score (nSPS) is 15.9. The molecule has 1 aliphatic heterocycles. The van der Waals surface area contributed by atoms with Crippen LogP contribution in [0.1, 0.15) is 11.4 Å². The summed E-state index contributed by atoms with van der Waals surface area (Å²) < 4.78 is 7.74. The fourth-order valence-electron chi connectivity index (χ4n) is 3.36. The molecule has 0 bridgehead atoms. The highest BCUT2D eigenvalue weighted by molar-refractivity contribution is 5.69. The lowest BCUT2D eigenvalue weighted by Gasteiger charge is -2.27. The Morgan fingerprint density at radius 3 is 2.71 bits per heavy atom. The van der Waals surface area contributed by atoms with Gasteiger partial charge in [0, 0.05) is 36.6 Å². The van der Waals surface area contributed by atoms with E-state index in [2.05, 4.69) is 40.5 Å². The van der Waals surface area contributed by atoms with E-state index >= 15 is 0 Å². The van der Waals surface area contributed by atoms with Gasteiger partial charge < -0.3 is 10.5 Å². The summed E-state index contributed by atoms with van der Waals surface area (Å²) in [5.41, 5.74) is 12.2. The molecule has 2 aromatic heterocycles. The standard InChI is InChI=1S/C19H22N4O/c1-14-4-2-7-18-21-19(15-5-3-6-16(20)12-15)17(23(14)18)13-22-8-10-24-11-9-22/h2-7,12H,8-11,13,20H2,1H3. The van der Waals surface area contributed by atoms with Crippen molar-refractivity contribution in [2.24, 2.45) is 0 Å². The number of ether oxygens (including phenoxy) is 1. The molecule has 24 heavy (non-hydrogen) atoms. The number of aryl methyl sites for hydroxylation is 1. The lowest BCUT2D eigenvalue weighted by atomic mass is 10.1. The monoisotopic (exact) mass is 322 g/mol. The number of rotatable bonds is 3. The van der Waals surface area contributed by atoms with E-state index in [1.165, 1.54) is 11.4 Å². The van der Waals surface area contributed by atoms with E-state index in [0.29, 0.717) is 0 Å². The lowest BCUT2D eigenvalue weighted by Crippen LogP contribution is -2.36. The second kappa shape index (κ2) is 6.26. The number of nitrogens with two attached hydrogens (primary N) is 1. The van der Waals surface area contributed by atoms with Crippen LogP contribution in [0.2, 0.25) is 0 Å². The van der Waals surface area contributed by atoms with Gasteiger partial charge in [0.25, 0.3) is 0 Å². The van der Waals surface area contributed by atoms with Crippen LogP contribution in [0, 0.1) is 6.92 Å². The van der Waals surface area contributed by atoms with Crippen LogP contribution in [-0.4, -0.2) is 40.6 Å². The molecule has 0 aliphatic carbocycles. The molecule has 0 unspecified atom stereocenters. The number of morpholine rings is 1. The highest BCUT2D eigenvalue weighted by atomic mass is 16.5. The minimum absolute atomic E-state index is 0.763. The maximum Gasteiger partial charge on any atom is 0.137 e. The summed E-state index contributed by atoms with van der Waals surface area (Å²) in [6.45, 7) is 6.48. The van der Waals surface area contributed by atoms with Crippen LogP contribution in [0.25, 0.3) is 16.9 Å². The third-order valence-electron chi connectivity index (χ3n) is 4.57. The van der Waals surface area contributed by atoms with Gasteiger partial charge in [-0.25, -0.2) is 4.98 Å². The Morgan fingerprint density at radius 1 is 1.12 bits per heavy atom. The zero-order chi connectivity index (χ0) is 16.5. The largest absolute Gasteiger partial charge is 0.399 e. The summed E-state index contributed by atoms with van der Waals surface area (Å²) in [6.07, 6.45) is 0. The topological polar surface area (TPSA) is 55.8 Å². The molecular formula is C19H22N4O. The van der Waals surface area contributed by atoms with E-state index in [0.717, 1.165) is 55.4 Å². The van der Waals surface area contributed by atoms with Gasteiger partial charge in [-0.1, -0.05) is 18.2 Å². The van der Waals surface area contributed by atoms with Crippen LogP contribution >= 0.6 is 0 Å². The number of nitrogens with zero attached hydrogens (tertiary/aromatic N) is 3. The van der Waals surface area contributed by atoms with E-state index < -0.39 is 0 Å². The molecule has 3 heterocycles. The third-order valence-corrected chi connectivity index (χ3v) is 4.57. The Labute approximate surface area is 141 Å². The summed E-state index contributed by atoms with van der Waals surface area (Å²) in [4.78, 5) is 7.33. The molecule has 0 saturated carbocycles. The molecule has 0 radical (unpaired) electrons. The highest BCUT2D eigenvalue weighted by Gasteiger charge is 2.19. The molecule has 1 aromatic carbocycles. The van der Waals surface area contributed by atoms with E-state index in [1.54, 1.807) is 0 Å². The van der Waals surface area contributed by atoms with Gasteiger partial charge in [-0.3, -0.25) is 9.30 Å². The van der Waals surface area contributed by atoms with Crippen molar-refractivity contribution >= 4 is 11.3 Å². The molecule has 4 rings (SSSR count). The van der Waals surface area contributed by atoms with Crippen molar-refractivity contribution in [2.45, 2.75) is 13.5 Å². The summed E-state index contributed by atoms with van der Waals surface area (Å²) in [7, 11) is 0. The van der Waals surface area contributed by atoms with Crippen molar-refractivity contribution < 1.29 is 4.74 Å². The predicted molar refractivity (Wildman–Crippen MR) is 95.9 cm³/mol. The summed E-state index contributed by atoms with van der Waals surface area (Å²) in [5, 5.41) is 0. The molecule has 5 heteroatoms. The molecule has 1 aliphatic rings. The first-order valence-corrected chi connectivity index (χ1v) is 8.35. The smallest absolute Gasteiger partial charge is 0.137 e. The fourth-order valence-corrected chi connectivity index (χ4v) is 3.36. The van der Waals surface area contributed by atoms with Crippen LogP contribution in [0.4, 0.5) is 5.69 Å². The van der Waals surface area contributed by atoms with E-state index in [-0.39, 0.29) is 0 Å². The second-order valence-corrected chi connectivity index (χ2v) is 6.28. The Balaban J connectivity index is 1.85. The number of pyridine rings is 1. The van der Waals surface area contributed by atoms with Crippen molar-refractivity contribution in [3.8, 4) is 11.3 Å². The zero-order valence-corrected chi connectivity index (χ0v) is 13.9. The highest BCUT2D eigenvalue weighted by Crippen LogP contribution is 2.28. The van der Waals surface area contributed by atoms with Gasteiger partial charge in [-0.15, -0.1) is 0 Å². The molecule has 2 N–H and O–H groups in total. The third kappa shape index (κ3) is 2.77. The molecule has 5 nitrogen and oxygen atoms in total. The van der Waals surface area contributed by atoms with Crippen LogP contribution in [-0.2, 0) is 11.3 Å². The summed E-state index contributed by atoms with van der Waals surface area (Å²) in [6, 6.07) is 14.2. The van der Waals surface area contributed by atoms with Gasteiger partial charge in [0.1, 0.15) is 5.65 Å². The van der Waals surface area contributed by atoms with E-state index in [9.17, 15) is 0 Å². The van der Waals surface area contributed by atoms with Crippen LogP contribution in [0.5, 0.6) is 0 Å². The number of hydrogen-bond donors (Lipinski definition) is 1. The number of anilines is 1. The van der Waals surface area contributed by atoms with Crippen LogP contribution < -0.4 is 5.73 Å². The number of hydrogen-bond acceptors (Lipinski definition) is 4. The first kappa shape index (κ1) is 15.2. The quantitative estimate of drug-likeness (QED) is 0.753.